The topological polar surface area (TPSA) is 69.6 Å². The molecule has 0 amide bonds. The molecule has 0 aromatic rings. The van der Waals surface area contributed by atoms with Gasteiger partial charge < -0.3 is 15.5 Å². The average Bonchev–Trinajstić information content (AvgIpc) is 2.04. The van der Waals surface area contributed by atoms with Crippen molar-refractivity contribution in [1.82, 2.24) is 5.32 Å². The molecule has 0 aliphatic carbocycles. The molecule has 0 radical (unpaired) electrons. The van der Waals surface area contributed by atoms with Gasteiger partial charge in [-0.1, -0.05) is 19.8 Å². The van der Waals surface area contributed by atoms with E-state index >= 15 is 0 Å². The molecule has 4 heteroatoms. The highest BCUT2D eigenvalue weighted by Crippen LogP contribution is 1.92. The lowest BCUT2D eigenvalue weighted by Crippen LogP contribution is -2.40. The van der Waals surface area contributed by atoms with Crippen LogP contribution in [0.3, 0.4) is 0 Å². The van der Waals surface area contributed by atoms with Crippen molar-refractivity contribution < 1.29 is 15.0 Å². The van der Waals surface area contributed by atoms with Crippen molar-refractivity contribution in [3.8, 4) is 0 Å². The third-order valence-corrected chi connectivity index (χ3v) is 1.65. The number of carbonyl (C=O) groups is 1. The van der Waals surface area contributed by atoms with Gasteiger partial charge in [-0.3, -0.25) is 4.79 Å². The number of carboxylic acids is 1. The second-order valence-electron chi connectivity index (χ2n) is 2.73. The third-order valence-electron chi connectivity index (χ3n) is 1.65. The number of aliphatic hydroxyl groups excluding tert-OH is 1. The number of rotatable bonds is 7. The summed E-state index contributed by atoms with van der Waals surface area (Å²) >= 11 is 0. The number of hydrogen-bond donors (Lipinski definition) is 3. The van der Waals surface area contributed by atoms with Crippen LogP contribution in [-0.2, 0) is 4.79 Å². The van der Waals surface area contributed by atoms with E-state index < -0.39 is 12.0 Å². The lowest BCUT2D eigenvalue weighted by atomic mass is 10.2. The number of hydrogen-bond acceptors (Lipinski definition) is 3. The Balaban J connectivity index is 3.38. The molecule has 0 rings (SSSR count). The number of aliphatic hydroxyl groups is 1. The first-order valence-corrected chi connectivity index (χ1v) is 4.29. The Morgan fingerprint density at radius 3 is 2.58 bits per heavy atom. The smallest absolute Gasteiger partial charge is 0.323 e. The molecule has 12 heavy (non-hydrogen) atoms. The number of carboxylic acid groups (broad SMARTS) is 1. The van der Waals surface area contributed by atoms with Crippen molar-refractivity contribution in [1.29, 1.82) is 0 Å². The Labute approximate surface area is 72.6 Å². The molecule has 3 N–H and O–H groups in total. The maximum Gasteiger partial charge on any atom is 0.323 e. The minimum Gasteiger partial charge on any atom is -0.480 e. The van der Waals surface area contributed by atoms with E-state index in [-0.39, 0.29) is 6.61 Å². The standard InChI is InChI=1S/C8H17NO3/c1-2-3-4-5-9-7(6-10)8(11)12/h7,9-10H,2-6H2,1H3,(H,11,12). The molecule has 1 unspecified atom stereocenters. The SMILES string of the molecule is CCCCCNC(CO)C(=O)O. The maximum atomic E-state index is 10.4. The molecule has 0 aromatic heterocycles. The van der Waals surface area contributed by atoms with Crippen molar-refractivity contribution in [2.45, 2.75) is 32.2 Å². The van der Waals surface area contributed by atoms with Crippen molar-refractivity contribution in [2.24, 2.45) is 0 Å². The third kappa shape index (κ3) is 5.09. The molecule has 0 spiro atoms. The lowest BCUT2D eigenvalue weighted by Gasteiger charge is -2.10. The van der Waals surface area contributed by atoms with E-state index in [4.69, 9.17) is 10.2 Å². The van der Waals surface area contributed by atoms with Gasteiger partial charge >= 0.3 is 5.97 Å². The summed E-state index contributed by atoms with van der Waals surface area (Å²) in [5.41, 5.74) is 0. The minimum atomic E-state index is -0.992. The first-order valence-electron chi connectivity index (χ1n) is 4.29. The van der Waals surface area contributed by atoms with Crippen molar-refractivity contribution in [3.05, 3.63) is 0 Å². The van der Waals surface area contributed by atoms with Crippen LogP contribution in [-0.4, -0.2) is 35.4 Å². The fourth-order valence-electron chi connectivity index (χ4n) is 0.881. The van der Waals surface area contributed by atoms with Crippen LogP contribution in [0, 0.1) is 0 Å². The Bertz CT molecular complexity index is 127. The molecule has 0 fully saturated rings. The molecule has 72 valence electrons. The molecular formula is C8H17NO3. The monoisotopic (exact) mass is 175 g/mol. The predicted octanol–water partition coefficient (Wildman–Crippen LogP) is 0.212. The highest BCUT2D eigenvalue weighted by molar-refractivity contribution is 5.73. The first kappa shape index (κ1) is 11.4. The largest absolute Gasteiger partial charge is 0.480 e. The Kier molecular flexibility index (Phi) is 6.70. The summed E-state index contributed by atoms with van der Waals surface area (Å²) in [7, 11) is 0. The molecular weight excluding hydrogens is 158 g/mol. The normalized spacial score (nSPS) is 12.8. The predicted molar refractivity (Wildman–Crippen MR) is 46.0 cm³/mol. The zero-order valence-corrected chi connectivity index (χ0v) is 7.42. The summed E-state index contributed by atoms with van der Waals surface area (Å²) in [4.78, 5) is 10.4. The van der Waals surface area contributed by atoms with E-state index in [0.29, 0.717) is 6.54 Å². The van der Waals surface area contributed by atoms with E-state index in [1.165, 1.54) is 0 Å². The van der Waals surface area contributed by atoms with Gasteiger partial charge in [0.25, 0.3) is 0 Å². The Morgan fingerprint density at radius 2 is 2.17 bits per heavy atom. The lowest BCUT2D eigenvalue weighted by molar-refractivity contribution is -0.140. The zero-order chi connectivity index (χ0) is 9.40. The van der Waals surface area contributed by atoms with Gasteiger partial charge in [0, 0.05) is 0 Å². The molecule has 0 aliphatic heterocycles. The summed E-state index contributed by atoms with van der Waals surface area (Å²) in [6.07, 6.45) is 3.16. The van der Waals surface area contributed by atoms with Gasteiger partial charge in [0.15, 0.2) is 0 Å². The van der Waals surface area contributed by atoms with Crippen molar-refractivity contribution >= 4 is 5.97 Å². The van der Waals surface area contributed by atoms with Crippen LogP contribution in [0.2, 0.25) is 0 Å². The number of aliphatic carboxylic acids is 1. The molecule has 4 nitrogen and oxygen atoms in total. The van der Waals surface area contributed by atoms with E-state index in [1.807, 2.05) is 0 Å². The summed E-state index contributed by atoms with van der Waals surface area (Å²) < 4.78 is 0. The second kappa shape index (κ2) is 7.06. The van der Waals surface area contributed by atoms with E-state index in [2.05, 4.69) is 12.2 Å². The average molecular weight is 175 g/mol. The summed E-state index contributed by atoms with van der Waals surface area (Å²) in [5.74, 6) is -0.992. The highest BCUT2D eigenvalue weighted by Gasteiger charge is 2.13. The van der Waals surface area contributed by atoms with E-state index in [0.717, 1.165) is 19.3 Å². The summed E-state index contributed by atoms with van der Waals surface area (Å²) in [6, 6.07) is -0.804. The second-order valence-corrected chi connectivity index (χ2v) is 2.73. The maximum absolute atomic E-state index is 10.4. The molecule has 0 aromatic carbocycles. The Morgan fingerprint density at radius 1 is 1.50 bits per heavy atom. The molecule has 0 bridgehead atoms. The van der Waals surface area contributed by atoms with Crippen molar-refractivity contribution in [2.75, 3.05) is 13.2 Å². The quantitative estimate of drug-likeness (QED) is 0.484. The van der Waals surface area contributed by atoms with E-state index in [1.54, 1.807) is 0 Å². The number of unbranched alkanes of at least 4 members (excludes halogenated alkanes) is 2. The van der Waals surface area contributed by atoms with Crippen LogP contribution >= 0.6 is 0 Å². The van der Waals surface area contributed by atoms with Gasteiger partial charge in [-0.25, -0.2) is 0 Å². The number of nitrogens with one attached hydrogen (secondary N) is 1. The molecule has 0 aliphatic rings. The fourth-order valence-corrected chi connectivity index (χ4v) is 0.881. The van der Waals surface area contributed by atoms with Gasteiger partial charge in [-0.15, -0.1) is 0 Å². The van der Waals surface area contributed by atoms with Gasteiger partial charge in [0.2, 0.25) is 0 Å². The van der Waals surface area contributed by atoms with E-state index in [9.17, 15) is 4.79 Å². The van der Waals surface area contributed by atoms with Crippen LogP contribution in [0.25, 0.3) is 0 Å². The molecule has 0 saturated heterocycles. The molecule has 1 atom stereocenters. The van der Waals surface area contributed by atoms with Crippen LogP contribution in [0.5, 0.6) is 0 Å². The summed E-state index contributed by atoms with van der Waals surface area (Å²) in [5, 5.41) is 19.9. The molecule has 0 heterocycles. The molecule has 0 saturated carbocycles. The van der Waals surface area contributed by atoms with Crippen LogP contribution in [0.15, 0.2) is 0 Å². The highest BCUT2D eigenvalue weighted by atomic mass is 16.4. The Hall–Kier alpha value is -0.610. The first-order chi connectivity index (χ1) is 5.72. The summed E-state index contributed by atoms with van der Waals surface area (Å²) in [6.45, 7) is 2.40. The zero-order valence-electron chi connectivity index (χ0n) is 7.42. The van der Waals surface area contributed by atoms with Crippen molar-refractivity contribution in [3.63, 3.8) is 0 Å². The fraction of sp³-hybridized carbons (Fsp3) is 0.875. The van der Waals surface area contributed by atoms with Gasteiger partial charge in [-0.05, 0) is 13.0 Å². The van der Waals surface area contributed by atoms with Gasteiger partial charge in [0.05, 0.1) is 6.61 Å². The van der Waals surface area contributed by atoms with Gasteiger partial charge in [-0.2, -0.15) is 0 Å². The van der Waals surface area contributed by atoms with Crippen LogP contribution in [0.1, 0.15) is 26.2 Å². The minimum absolute atomic E-state index is 0.346. The van der Waals surface area contributed by atoms with Gasteiger partial charge in [0.1, 0.15) is 6.04 Å². The van der Waals surface area contributed by atoms with Crippen LogP contribution in [0.4, 0.5) is 0 Å². The van der Waals surface area contributed by atoms with Crippen LogP contribution < -0.4 is 5.32 Å².